The van der Waals surface area contributed by atoms with E-state index < -0.39 is 0 Å². The molecule has 1 unspecified atom stereocenters. The summed E-state index contributed by atoms with van der Waals surface area (Å²) in [7, 11) is 0. The maximum Gasteiger partial charge on any atom is 0.0951 e. The molecule has 0 saturated carbocycles. The second-order valence-electron chi connectivity index (χ2n) is 3.50. The quantitative estimate of drug-likeness (QED) is 0.743. The van der Waals surface area contributed by atoms with Crippen LogP contribution in [0.2, 0.25) is 0 Å². The molecule has 0 aliphatic rings. The first-order chi connectivity index (χ1) is 7.40. The highest BCUT2D eigenvalue weighted by Crippen LogP contribution is 2.14. The monoisotopic (exact) mass is 234 g/mol. The van der Waals surface area contributed by atoms with Gasteiger partial charge in [0.2, 0.25) is 0 Å². The van der Waals surface area contributed by atoms with E-state index in [4.69, 9.17) is 0 Å². The Kier molecular flexibility index (Phi) is 4.80. The van der Waals surface area contributed by atoms with Crippen LogP contribution >= 0.6 is 12.4 Å². The van der Waals surface area contributed by atoms with Crippen molar-refractivity contribution in [3.8, 4) is 0 Å². The average molecular weight is 235 g/mol. The van der Waals surface area contributed by atoms with Gasteiger partial charge in [0.05, 0.1) is 12.4 Å². The van der Waals surface area contributed by atoms with Gasteiger partial charge >= 0.3 is 0 Å². The second kappa shape index (κ2) is 6.13. The Morgan fingerprint density at radius 2 is 2.06 bits per heavy atom. The Balaban J connectivity index is 0.00000128. The zero-order chi connectivity index (χ0) is 10.5. The molecule has 3 heteroatoms. The minimum Gasteiger partial charge on any atom is -0.330 e. The van der Waals surface area contributed by atoms with Gasteiger partial charge in [-0.25, -0.2) is 4.98 Å². The molecule has 1 heterocycles. The van der Waals surface area contributed by atoms with Gasteiger partial charge in [0, 0.05) is 12.4 Å². The van der Waals surface area contributed by atoms with Crippen molar-refractivity contribution in [2.24, 2.45) is 0 Å². The van der Waals surface area contributed by atoms with Crippen LogP contribution in [0, 0.1) is 0 Å². The van der Waals surface area contributed by atoms with Crippen molar-refractivity contribution in [2.45, 2.75) is 12.5 Å². The molecular formula is C13H15ClN2. The Bertz CT molecular complexity index is 409. The highest BCUT2D eigenvalue weighted by atomic mass is 35.5. The molecule has 2 nitrogen and oxygen atoms in total. The number of hydrogen-bond donors (Lipinski definition) is 0. The average Bonchev–Trinajstić information content (AvgIpc) is 2.81. The summed E-state index contributed by atoms with van der Waals surface area (Å²) < 4.78 is 2.07. The van der Waals surface area contributed by atoms with E-state index in [0.29, 0.717) is 0 Å². The Hall–Kier alpha value is -1.54. The molecule has 2 aromatic rings. The van der Waals surface area contributed by atoms with Gasteiger partial charge in [0.25, 0.3) is 0 Å². The van der Waals surface area contributed by atoms with Crippen LogP contribution in [0.25, 0.3) is 0 Å². The number of nitrogens with zero attached hydrogens (tertiary/aromatic N) is 2. The standard InChI is InChI=1S/C13H14N2.ClH/c1-2-13(15-9-8-14-11-15)10-12-6-4-3-5-7-12;/h2-9,11,13H,1,10H2;1H. The Morgan fingerprint density at radius 3 is 2.62 bits per heavy atom. The molecule has 0 radical (unpaired) electrons. The zero-order valence-electron chi connectivity index (χ0n) is 8.99. The van der Waals surface area contributed by atoms with E-state index in [1.54, 1.807) is 6.20 Å². The van der Waals surface area contributed by atoms with Gasteiger partial charge in [-0.1, -0.05) is 36.4 Å². The largest absolute Gasteiger partial charge is 0.330 e. The second-order valence-corrected chi connectivity index (χ2v) is 3.50. The van der Waals surface area contributed by atoms with Crippen LogP contribution in [0.3, 0.4) is 0 Å². The van der Waals surface area contributed by atoms with Gasteiger partial charge in [-0.2, -0.15) is 0 Å². The summed E-state index contributed by atoms with van der Waals surface area (Å²) in [6.45, 7) is 3.86. The first kappa shape index (κ1) is 12.5. The van der Waals surface area contributed by atoms with Crippen LogP contribution < -0.4 is 0 Å². The van der Waals surface area contributed by atoms with Crippen molar-refractivity contribution < 1.29 is 0 Å². The maximum absolute atomic E-state index is 4.05. The maximum atomic E-state index is 4.05. The molecule has 0 amide bonds. The van der Waals surface area contributed by atoms with Crippen molar-refractivity contribution in [2.75, 3.05) is 0 Å². The minimum absolute atomic E-state index is 0. The third-order valence-electron chi connectivity index (χ3n) is 2.47. The molecule has 1 aromatic heterocycles. The molecule has 0 fully saturated rings. The third kappa shape index (κ3) is 2.97. The number of benzene rings is 1. The molecule has 16 heavy (non-hydrogen) atoms. The predicted octanol–water partition coefficient (Wildman–Crippen LogP) is 3.27. The summed E-state index contributed by atoms with van der Waals surface area (Å²) in [4.78, 5) is 4.05. The highest BCUT2D eigenvalue weighted by molar-refractivity contribution is 5.85. The van der Waals surface area contributed by atoms with Crippen molar-refractivity contribution >= 4 is 12.4 Å². The summed E-state index contributed by atoms with van der Waals surface area (Å²) in [6.07, 6.45) is 8.50. The van der Waals surface area contributed by atoms with Crippen molar-refractivity contribution in [1.82, 2.24) is 9.55 Å². The third-order valence-corrected chi connectivity index (χ3v) is 2.47. The molecule has 0 N–H and O–H groups in total. The summed E-state index contributed by atoms with van der Waals surface area (Å²) in [5.74, 6) is 0. The van der Waals surface area contributed by atoms with Crippen molar-refractivity contribution in [1.29, 1.82) is 0 Å². The first-order valence-corrected chi connectivity index (χ1v) is 5.04. The highest BCUT2D eigenvalue weighted by Gasteiger charge is 2.06. The number of halogens is 1. The number of hydrogen-bond acceptors (Lipinski definition) is 1. The molecule has 1 atom stereocenters. The molecule has 84 valence electrons. The lowest BCUT2D eigenvalue weighted by molar-refractivity contribution is 0.601. The molecule has 0 bridgehead atoms. The number of rotatable bonds is 4. The first-order valence-electron chi connectivity index (χ1n) is 5.04. The van der Waals surface area contributed by atoms with Crippen LogP contribution in [-0.4, -0.2) is 9.55 Å². The fraction of sp³-hybridized carbons (Fsp3) is 0.154. The van der Waals surface area contributed by atoms with Gasteiger partial charge < -0.3 is 4.57 Å². The van der Waals surface area contributed by atoms with Gasteiger partial charge in [0.15, 0.2) is 0 Å². The number of aromatic nitrogens is 2. The lowest BCUT2D eigenvalue weighted by atomic mass is 10.1. The molecule has 2 rings (SSSR count). The van der Waals surface area contributed by atoms with Gasteiger partial charge in [-0.3, -0.25) is 0 Å². The van der Waals surface area contributed by atoms with E-state index in [1.807, 2.05) is 24.7 Å². The summed E-state index contributed by atoms with van der Waals surface area (Å²) >= 11 is 0. The molecule has 0 aliphatic carbocycles. The molecule has 0 aliphatic heterocycles. The summed E-state index contributed by atoms with van der Waals surface area (Å²) in [5.41, 5.74) is 1.32. The molecule has 0 saturated heterocycles. The van der Waals surface area contributed by atoms with E-state index in [-0.39, 0.29) is 18.4 Å². The normalized spacial score (nSPS) is 11.5. The van der Waals surface area contributed by atoms with Crippen LogP contribution in [0.1, 0.15) is 11.6 Å². The number of allylic oxidation sites excluding steroid dienone is 1. The molecule has 0 spiro atoms. The summed E-state index contributed by atoms with van der Waals surface area (Å²) in [5, 5.41) is 0. The summed E-state index contributed by atoms with van der Waals surface area (Å²) in [6, 6.07) is 10.7. The Labute approximate surface area is 102 Å². The smallest absolute Gasteiger partial charge is 0.0951 e. The number of imidazole rings is 1. The lowest BCUT2D eigenvalue weighted by Gasteiger charge is -2.13. The fourth-order valence-electron chi connectivity index (χ4n) is 1.63. The van der Waals surface area contributed by atoms with E-state index >= 15 is 0 Å². The van der Waals surface area contributed by atoms with Crippen LogP contribution in [0.15, 0.2) is 61.7 Å². The topological polar surface area (TPSA) is 17.8 Å². The molecule has 1 aromatic carbocycles. The van der Waals surface area contributed by atoms with Gasteiger partial charge in [0.1, 0.15) is 0 Å². The van der Waals surface area contributed by atoms with E-state index in [1.165, 1.54) is 5.56 Å². The van der Waals surface area contributed by atoms with Crippen LogP contribution in [-0.2, 0) is 6.42 Å². The van der Waals surface area contributed by atoms with E-state index in [9.17, 15) is 0 Å². The lowest BCUT2D eigenvalue weighted by Crippen LogP contribution is -2.07. The zero-order valence-corrected chi connectivity index (χ0v) is 9.81. The minimum atomic E-state index is 0. The van der Waals surface area contributed by atoms with E-state index in [2.05, 4.69) is 40.4 Å². The SMILES string of the molecule is C=CC(Cc1ccccc1)n1ccnc1.Cl. The molecular weight excluding hydrogens is 220 g/mol. The van der Waals surface area contributed by atoms with Crippen LogP contribution in [0.5, 0.6) is 0 Å². The Morgan fingerprint density at radius 1 is 1.31 bits per heavy atom. The van der Waals surface area contributed by atoms with Gasteiger partial charge in [-0.15, -0.1) is 19.0 Å². The van der Waals surface area contributed by atoms with E-state index in [0.717, 1.165) is 6.42 Å². The van der Waals surface area contributed by atoms with Crippen molar-refractivity contribution in [3.63, 3.8) is 0 Å². The van der Waals surface area contributed by atoms with Crippen molar-refractivity contribution in [3.05, 3.63) is 67.3 Å². The van der Waals surface area contributed by atoms with Crippen LogP contribution in [0.4, 0.5) is 0 Å². The fourth-order valence-corrected chi connectivity index (χ4v) is 1.63. The predicted molar refractivity (Wildman–Crippen MR) is 68.9 cm³/mol. The van der Waals surface area contributed by atoms with Gasteiger partial charge in [-0.05, 0) is 12.0 Å².